The summed E-state index contributed by atoms with van der Waals surface area (Å²) >= 11 is 1.30. The van der Waals surface area contributed by atoms with E-state index in [-0.39, 0.29) is 24.5 Å². The second-order valence-electron chi connectivity index (χ2n) is 6.31. The number of carbonyl (C=O) groups is 2. The molecule has 1 atom stereocenters. The summed E-state index contributed by atoms with van der Waals surface area (Å²) < 4.78 is 4.97. The Kier molecular flexibility index (Phi) is 4.91. The summed E-state index contributed by atoms with van der Waals surface area (Å²) in [4.78, 5) is 33.7. The molecule has 2 aromatic rings. The van der Waals surface area contributed by atoms with E-state index in [9.17, 15) is 9.59 Å². The van der Waals surface area contributed by atoms with E-state index in [4.69, 9.17) is 15.5 Å². The predicted octanol–water partition coefficient (Wildman–Crippen LogP) is 1.89. The number of pyridine rings is 1. The number of aromatic nitrogens is 1. The number of thiophene rings is 1. The first-order valence-corrected chi connectivity index (χ1v) is 8.94. The van der Waals surface area contributed by atoms with Crippen LogP contribution >= 0.6 is 11.3 Å². The SMILES string of the molecule is COCC(=O)N1CCCC1c1ccc2c(N)c(C(=O)N(C)C)sc2n1. The smallest absolute Gasteiger partial charge is 0.265 e. The molecule has 1 aliphatic heterocycles. The number of fused-ring (bicyclic) bond motifs is 1. The van der Waals surface area contributed by atoms with Gasteiger partial charge in [0.1, 0.15) is 16.3 Å². The lowest BCUT2D eigenvalue weighted by Crippen LogP contribution is -2.33. The molecule has 3 rings (SSSR count). The normalized spacial score (nSPS) is 17.2. The van der Waals surface area contributed by atoms with Crippen LogP contribution in [-0.2, 0) is 9.53 Å². The Morgan fingerprint density at radius 3 is 2.88 bits per heavy atom. The quantitative estimate of drug-likeness (QED) is 0.897. The molecule has 2 amide bonds. The molecule has 0 radical (unpaired) electrons. The molecule has 134 valence electrons. The van der Waals surface area contributed by atoms with Crippen molar-refractivity contribution in [3.8, 4) is 0 Å². The molecule has 2 N–H and O–H groups in total. The lowest BCUT2D eigenvalue weighted by molar-refractivity contribution is -0.136. The number of carbonyl (C=O) groups excluding carboxylic acids is 2. The van der Waals surface area contributed by atoms with Gasteiger partial charge in [-0.1, -0.05) is 0 Å². The summed E-state index contributed by atoms with van der Waals surface area (Å²) in [5.74, 6) is -0.152. The van der Waals surface area contributed by atoms with Gasteiger partial charge in [0.15, 0.2) is 0 Å². The van der Waals surface area contributed by atoms with Crippen molar-refractivity contribution in [1.82, 2.24) is 14.8 Å². The Balaban J connectivity index is 1.96. The van der Waals surface area contributed by atoms with Crippen LogP contribution < -0.4 is 5.73 Å². The zero-order valence-electron chi connectivity index (χ0n) is 14.6. The number of amides is 2. The van der Waals surface area contributed by atoms with E-state index in [1.165, 1.54) is 23.3 Å². The van der Waals surface area contributed by atoms with E-state index >= 15 is 0 Å². The van der Waals surface area contributed by atoms with Gasteiger partial charge in [-0.3, -0.25) is 9.59 Å². The number of anilines is 1. The highest BCUT2D eigenvalue weighted by Crippen LogP contribution is 2.36. The van der Waals surface area contributed by atoms with Crippen LogP contribution in [0.3, 0.4) is 0 Å². The Morgan fingerprint density at radius 1 is 1.44 bits per heavy atom. The maximum atomic E-state index is 12.3. The summed E-state index contributed by atoms with van der Waals surface area (Å²) in [5.41, 5.74) is 7.44. The molecule has 1 unspecified atom stereocenters. The molecule has 0 spiro atoms. The van der Waals surface area contributed by atoms with E-state index in [1.807, 2.05) is 17.0 Å². The Bertz CT molecular complexity index is 818. The standard InChI is InChI=1S/C17H22N4O3S/c1-20(2)17(23)15-14(18)10-6-7-11(19-16(10)25-15)12-5-4-8-21(12)13(22)9-24-3/h6-7,12H,4-5,8-9,18H2,1-3H3. The number of hydrogen-bond acceptors (Lipinski definition) is 6. The van der Waals surface area contributed by atoms with Crippen molar-refractivity contribution in [3.63, 3.8) is 0 Å². The molecule has 2 aromatic heterocycles. The minimum Gasteiger partial charge on any atom is -0.397 e. The molecule has 0 saturated carbocycles. The lowest BCUT2D eigenvalue weighted by atomic mass is 10.1. The van der Waals surface area contributed by atoms with Gasteiger partial charge in [-0.05, 0) is 25.0 Å². The largest absolute Gasteiger partial charge is 0.397 e. The third kappa shape index (κ3) is 3.19. The monoisotopic (exact) mass is 362 g/mol. The highest BCUT2D eigenvalue weighted by atomic mass is 32.1. The molecular formula is C17H22N4O3S. The van der Waals surface area contributed by atoms with Gasteiger partial charge in [-0.15, -0.1) is 11.3 Å². The zero-order valence-corrected chi connectivity index (χ0v) is 15.4. The molecule has 0 aliphatic carbocycles. The van der Waals surface area contributed by atoms with Crippen molar-refractivity contribution < 1.29 is 14.3 Å². The van der Waals surface area contributed by atoms with Gasteiger partial charge < -0.3 is 20.3 Å². The molecule has 0 bridgehead atoms. The number of hydrogen-bond donors (Lipinski definition) is 1. The maximum Gasteiger partial charge on any atom is 0.265 e. The fourth-order valence-corrected chi connectivity index (χ4v) is 4.26. The van der Waals surface area contributed by atoms with Crippen molar-refractivity contribution in [2.24, 2.45) is 0 Å². The van der Waals surface area contributed by atoms with Crippen molar-refractivity contribution in [2.45, 2.75) is 18.9 Å². The van der Waals surface area contributed by atoms with Crippen molar-refractivity contribution >= 4 is 39.1 Å². The number of nitrogen functional groups attached to an aromatic ring is 1. The number of nitrogens with two attached hydrogens (primary N) is 1. The molecule has 1 saturated heterocycles. The summed E-state index contributed by atoms with van der Waals surface area (Å²) in [5, 5.41) is 0.784. The first-order chi connectivity index (χ1) is 11.9. The predicted molar refractivity (Wildman–Crippen MR) is 97.6 cm³/mol. The summed E-state index contributed by atoms with van der Waals surface area (Å²) in [6.45, 7) is 0.787. The first kappa shape index (κ1) is 17.6. The van der Waals surface area contributed by atoms with Crippen LogP contribution in [0.15, 0.2) is 12.1 Å². The Hall–Kier alpha value is -2.19. The van der Waals surface area contributed by atoms with Crippen LogP contribution in [0.2, 0.25) is 0 Å². The van der Waals surface area contributed by atoms with Crippen LogP contribution in [0, 0.1) is 0 Å². The van der Waals surface area contributed by atoms with Crippen molar-refractivity contribution in [3.05, 3.63) is 22.7 Å². The summed E-state index contributed by atoms with van der Waals surface area (Å²) in [6, 6.07) is 3.74. The van der Waals surface area contributed by atoms with E-state index < -0.39 is 0 Å². The molecule has 8 heteroatoms. The van der Waals surface area contributed by atoms with Crippen LogP contribution in [-0.4, -0.2) is 61.0 Å². The van der Waals surface area contributed by atoms with Gasteiger partial charge in [0.05, 0.1) is 17.4 Å². The first-order valence-electron chi connectivity index (χ1n) is 8.13. The summed E-state index contributed by atoms with van der Waals surface area (Å²) in [6.07, 6.45) is 1.81. The minimum atomic E-state index is -0.125. The van der Waals surface area contributed by atoms with Crippen LogP contribution in [0.5, 0.6) is 0 Å². The molecule has 25 heavy (non-hydrogen) atoms. The Morgan fingerprint density at radius 2 is 2.20 bits per heavy atom. The Labute approximate surface area is 150 Å². The number of rotatable bonds is 4. The molecule has 3 heterocycles. The van der Waals surface area contributed by atoms with Crippen LogP contribution in [0.4, 0.5) is 5.69 Å². The molecular weight excluding hydrogens is 340 g/mol. The van der Waals surface area contributed by atoms with Crippen LogP contribution in [0.1, 0.15) is 34.2 Å². The van der Waals surface area contributed by atoms with E-state index in [1.54, 1.807) is 14.1 Å². The van der Waals surface area contributed by atoms with Gasteiger partial charge >= 0.3 is 0 Å². The fraction of sp³-hybridized carbons (Fsp3) is 0.471. The van der Waals surface area contributed by atoms with Crippen LogP contribution in [0.25, 0.3) is 10.2 Å². The van der Waals surface area contributed by atoms with Gasteiger partial charge in [0.25, 0.3) is 5.91 Å². The second-order valence-corrected chi connectivity index (χ2v) is 7.31. The molecule has 7 nitrogen and oxygen atoms in total. The van der Waals surface area contributed by atoms with Gasteiger partial charge in [0.2, 0.25) is 5.91 Å². The third-order valence-electron chi connectivity index (χ3n) is 4.40. The van der Waals surface area contributed by atoms with Crippen molar-refractivity contribution in [2.75, 3.05) is 40.1 Å². The highest BCUT2D eigenvalue weighted by Gasteiger charge is 2.31. The van der Waals surface area contributed by atoms with Crippen molar-refractivity contribution in [1.29, 1.82) is 0 Å². The average molecular weight is 362 g/mol. The zero-order chi connectivity index (χ0) is 18.1. The van der Waals surface area contributed by atoms with Gasteiger partial charge in [-0.25, -0.2) is 4.98 Å². The second kappa shape index (κ2) is 6.97. The van der Waals surface area contributed by atoms with Gasteiger partial charge in [0, 0.05) is 33.1 Å². The lowest BCUT2D eigenvalue weighted by Gasteiger charge is -2.24. The van der Waals surface area contributed by atoms with Gasteiger partial charge in [-0.2, -0.15) is 0 Å². The topological polar surface area (TPSA) is 88.8 Å². The van der Waals surface area contributed by atoms with E-state index in [0.717, 1.165) is 28.8 Å². The maximum absolute atomic E-state index is 12.3. The number of methoxy groups -OCH3 is 1. The average Bonchev–Trinajstić information content (AvgIpc) is 3.19. The molecule has 1 aliphatic rings. The highest BCUT2D eigenvalue weighted by molar-refractivity contribution is 7.21. The minimum absolute atomic E-state index is 0.0268. The third-order valence-corrected chi connectivity index (χ3v) is 5.50. The van der Waals surface area contributed by atoms with E-state index in [0.29, 0.717) is 17.1 Å². The number of likely N-dealkylation sites (tertiary alicyclic amines) is 1. The molecule has 1 fully saturated rings. The fourth-order valence-electron chi connectivity index (χ4n) is 3.14. The summed E-state index contributed by atoms with van der Waals surface area (Å²) in [7, 11) is 4.91. The van der Waals surface area contributed by atoms with E-state index in [2.05, 4.69) is 0 Å². The number of ether oxygens (including phenoxy) is 1. The number of nitrogens with zero attached hydrogens (tertiary/aromatic N) is 3. The molecule has 0 aromatic carbocycles.